The van der Waals surface area contributed by atoms with Crippen molar-refractivity contribution in [1.29, 1.82) is 0 Å². The number of rotatable bonds is 0. The van der Waals surface area contributed by atoms with Crippen molar-refractivity contribution in [3.05, 3.63) is 16.4 Å². The molecule has 0 radical (unpaired) electrons. The van der Waals surface area contributed by atoms with E-state index in [9.17, 15) is 4.79 Å². The van der Waals surface area contributed by atoms with Crippen LogP contribution in [0.5, 0.6) is 0 Å². The lowest BCUT2D eigenvalue weighted by atomic mass is 10.4. The highest BCUT2D eigenvalue weighted by atomic mass is 16.1. The molecule has 1 aromatic heterocycles. The van der Waals surface area contributed by atoms with Gasteiger partial charge in [-0.25, -0.2) is 9.36 Å². The number of nitrogens with zero attached hydrogens (tertiary/aromatic N) is 2. The van der Waals surface area contributed by atoms with Gasteiger partial charge >= 0.3 is 0 Å². The minimum atomic E-state index is 0.0856. The number of hydrogen-bond donors (Lipinski definition) is 1. The van der Waals surface area contributed by atoms with Gasteiger partial charge in [-0.15, -0.1) is 0 Å². The van der Waals surface area contributed by atoms with Gasteiger partial charge in [0.05, 0.1) is 6.07 Å². The molecule has 4 heteroatoms. The Balaban J connectivity index is 2.73. The fraction of sp³-hybridized carbons (Fsp3) is 0.500. The molecule has 0 unspecified atom stereocenters. The molecule has 0 fully saturated rings. The van der Waals surface area contributed by atoms with Crippen LogP contribution in [0.15, 0.2) is 10.9 Å². The van der Waals surface area contributed by atoms with Crippen LogP contribution in [0.25, 0.3) is 0 Å². The molecule has 0 spiro atoms. The first-order chi connectivity index (χ1) is 4.79. The first-order valence-electron chi connectivity index (χ1n) is 3.41. The molecule has 0 atom stereocenters. The van der Waals surface area contributed by atoms with Crippen LogP contribution >= 0.6 is 0 Å². The van der Waals surface area contributed by atoms with E-state index in [2.05, 4.69) is 5.73 Å². The van der Waals surface area contributed by atoms with Gasteiger partial charge < -0.3 is 5.73 Å². The average Bonchev–Trinajstić information content (AvgIpc) is 2.39. The molecule has 0 amide bonds. The summed E-state index contributed by atoms with van der Waals surface area (Å²) in [6.07, 6.45) is 1.07. The minimum absolute atomic E-state index is 0.0856. The molecule has 54 valence electrons. The second-order valence-electron chi connectivity index (χ2n) is 2.57. The van der Waals surface area contributed by atoms with Crippen LogP contribution in [0.1, 0.15) is 6.42 Å². The van der Waals surface area contributed by atoms with E-state index in [4.69, 9.17) is 0 Å². The Morgan fingerprint density at radius 3 is 2.80 bits per heavy atom. The van der Waals surface area contributed by atoms with Gasteiger partial charge in [0.15, 0.2) is 0 Å². The maximum Gasteiger partial charge on any atom is 0.272 e. The van der Waals surface area contributed by atoms with Gasteiger partial charge in [-0.05, 0) is 6.42 Å². The second kappa shape index (κ2) is 1.73. The first kappa shape index (κ1) is 5.73. The molecule has 10 heavy (non-hydrogen) atoms. The molecule has 4 nitrogen and oxygen atoms in total. The van der Waals surface area contributed by atoms with Crippen molar-refractivity contribution in [3.8, 4) is 0 Å². The third-order valence-corrected chi connectivity index (χ3v) is 1.91. The SMILES string of the molecule is [NH3+]c1cc(=O)n2n1CCC2. The monoisotopic (exact) mass is 140 g/mol. The first-order valence-corrected chi connectivity index (χ1v) is 3.41. The van der Waals surface area contributed by atoms with Gasteiger partial charge in [-0.2, -0.15) is 0 Å². The predicted molar refractivity (Wildman–Crippen MR) is 35.9 cm³/mol. The topological polar surface area (TPSA) is 54.6 Å². The maximum absolute atomic E-state index is 11.0. The Labute approximate surface area is 57.8 Å². The van der Waals surface area contributed by atoms with E-state index in [-0.39, 0.29) is 5.56 Å². The van der Waals surface area contributed by atoms with Crippen LogP contribution in [0, 0.1) is 0 Å². The summed E-state index contributed by atoms with van der Waals surface area (Å²) in [6.45, 7) is 1.80. The van der Waals surface area contributed by atoms with Crippen molar-refractivity contribution in [3.63, 3.8) is 0 Å². The summed E-state index contributed by atoms with van der Waals surface area (Å²) >= 11 is 0. The standard InChI is InChI=1S/C6H9N3O/c7-5-4-6(10)9-3-1-2-8(5)9/h4H,1-3,7H2/p+1. The maximum atomic E-state index is 11.0. The highest BCUT2D eigenvalue weighted by Gasteiger charge is 2.15. The van der Waals surface area contributed by atoms with E-state index in [1.165, 1.54) is 0 Å². The lowest BCUT2D eigenvalue weighted by Gasteiger charge is -1.95. The van der Waals surface area contributed by atoms with Crippen molar-refractivity contribution in [1.82, 2.24) is 9.36 Å². The quantitative estimate of drug-likeness (QED) is 0.490. The molecule has 0 aliphatic carbocycles. The summed E-state index contributed by atoms with van der Waals surface area (Å²) in [4.78, 5) is 11.0. The Kier molecular flexibility index (Phi) is 0.990. The van der Waals surface area contributed by atoms with E-state index in [0.29, 0.717) is 0 Å². The molecule has 0 bridgehead atoms. The molecule has 1 aromatic rings. The summed E-state index contributed by atoms with van der Waals surface area (Å²) < 4.78 is 3.67. The van der Waals surface area contributed by atoms with Crippen LogP contribution in [0.3, 0.4) is 0 Å². The zero-order chi connectivity index (χ0) is 7.14. The Morgan fingerprint density at radius 1 is 1.40 bits per heavy atom. The molecule has 1 aliphatic rings. The smallest absolute Gasteiger partial charge is 0.272 e. The van der Waals surface area contributed by atoms with Crippen LogP contribution in [0.4, 0.5) is 5.82 Å². The lowest BCUT2D eigenvalue weighted by Crippen LogP contribution is -2.43. The van der Waals surface area contributed by atoms with E-state index in [1.54, 1.807) is 10.7 Å². The van der Waals surface area contributed by atoms with Crippen LogP contribution < -0.4 is 11.3 Å². The Bertz CT molecular complexity index is 309. The molecule has 2 heterocycles. The molecule has 0 aromatic carbocycles. The molecule has 1 aliphatic heterocycles. The zero-order valence-corrected chi connectivity index (χ0v) is 5.71. The molecular formula is C6H10N3O+. The molecule has 3 N–H and O–H groups in total. The van der Waals surface area contributed by atoms with Gasteiger partial charge in [0.25, 0.3) is 5.56 Å². The van der Waals surface area contributed by atoms with E-state index in [0.717, 1.165) is 25.3 Å². The van der Waals surface area contributed by atoms with Crippen molar-refractivity contribution in [2.24, 2.45) is 0 Å². The summed E-state index contributed by atoms with van der Waals surface area (Å²) in [5.41, 5.74) is 3.84. The number of hydrogen-bond acceptors (Lipinski definition) is 1. The summed E-state index contributed by atoms with van der Waals surface area (Å²) in [6, 6.07) is 1.58. The van der Waals surface area contributed by atoms with Crippen LogP contribution in [0.2, 0.25) is 0 Å². The van der Waals surface area contributed by atoms with Crippen molar-refractivity contribution < 1.29 is 5.73 Å². The molecule has 0 saturated carbocycles. The zero-order valence-electron chi connectivity index (χ0n) is 5.71. The highest BCUT2D eigenvalue weighted by molar-refractivity contribution is 5.15. The summed E-state index contributed by atoms with van der Waals surface area (Å²) in [7, 11) is 0. The predicted octanol–water partition coefficient (Wildman–Crippen LogP) is -1.07. The summed E-state index contributed by atoms with van der Waals surface area (Å²) in [5.74, 6) is 0.836. The third kappa shape index (κ3) is 0.565. The van der Waals surface area contributed by atoms with Gasteiger partial charge in [-0.1, -0.05) is 0 Å². The van der Waals surface area contributed by atoms with Crippen LogP contribution in [-0.2, 0) is 13.1 Å². The van der Waals surface area contributed by atoms with Gasteiger partial charge in [0.1, 0.15) is 0 Å². The third-order valence-electron chi connectivity index (χ3n) is 1.91. The lowest BCUT2D eigenvalue weighted by molar-refractivity contribution is -0.265. The number of fused-ring (bicyclic) bond motifs is 1. The van der Waals surface area contributed by atoms with Crippen molar-refractivity contribution in [2.45, 2.75) is 19.5 Å². The van der Waals surface area contributed by atoms with Crippen molar-refractivity contribution >= 4 is 5.82 Å². The normalized spacial score (nSPS) is 15.7. The fourth-order valence-electron chi connectivity index (χ4n) is 1.43. The highest BCUT2D eigenvalue weighted by Crippen LogP contribution is 2.07. The number of quaternary nitrogens is 1. The molecular weight excluding hydrogens is 130 g/mol. The van der Waals surface area contributed by atoms with E-state index < -0.39 is 0 Å². The Morgan fingerprint density at radius 2 is 2.10 bits per heavy atom. The van der Waals surface area contributed by atoms with E-state index in [1.807, 2.05) is 4.68 Å². The molecule has 2 rings (SSSR count). The second-order valence-corrected chi connectivity index (χ2v) is 2.57. The van der Waals surface area contributed by atoms with Crippen LogP contribution in [-0.4, -0.2) is 9.36 Å². The molecule has 0 saturated heterocycles. The van der Waals surface area contributed by atoms with E-state index >= 15 is 0 Å². The fourth-order valence-corrected chi connectivity index (χ4v) is 1.43. The number of aromatic nitrogens is 2. The Hall–Kier alpha value is -1.03. The largest absolute Gasteiger partial charge is 0.309 e. The van der Waals surface area contributed by atoms with Gasteiger partial charge in [0.2, 0.25) is 5.82 Å². The van der Waals surface area contributed by atoms with Gasteiger partial charge in [0, 0.05) is 13.1 Å². The summed E-state index contributed by atoms with van der Waals surface area (Å²) in [5, 5.41) is 0. The minimum Gasteiger partial charge on any atom is -0.309 e. The van der Waals surface area contributed by atoms with Gasteiger partial charge in [-0.3, -0.25) is 4.79 Å². The van der Waals surface area contributed by atoms with Crippen molar-refractivity contribution in [2.75, 3.05) is 0 Å². The average molecular weight is 140 g/mol.